The number of nitrogens with one attached hydrogen (secondary N) is 3. The van der Waals surface area contributed by atoms with Crippen LogP contribution in [0.5, 0.6) is 11.5 Å². The number of hydrogen-bond acceptors (Lipinski definition) is 7. The molecule has 0 bridgehead atoms. The number of rotatable bonds is 14. The SMILES string of the molecule is CCOCCC(/C=N/[N-]C(=S)NCc1ccc(OC)c(Br)c1)N[N-]C(=S)NCc1ccc(OC)c(Br)c1.[Cu+2]. The Kier molecular flexibility index (Phi) is 17.7. The van der Waals surface area contributed by atoms with Crippen LogP contribution >= 0.6 is 56.3 Å². The molecule has 0 saturated carbocycles. The van der Waals surface area contributed by atoms with Crippen molar-refractivity contribution in [2.24, 2.45) is 5.10 Å². The van der Waals surface area contributed by atoms with Crippen LogP contribution in [-0.2, 0) is 34.9 Å². The zero-order chi connectivity index (χ0) is 27.0. The third-order valence-corrected chi connectivity index (χ3v) is 6.53. The van der Waals surface area contributed by atoms with Gasteiger partial charge in [0.1, 0.15) is 11.5 Å². The summed E-state index contributed by atoms with van der Waals surface area (Å²) in [6.45, 7) is 4.12. The van der Waals surface area contributed by atoms with Crippen molar-refractivity contribution in [3.8, 4) is 11.5 Å². The summed E-state index contributed by atoms with van der Waals surface area (Å²) in [5.74, 6) is 1.53. The maximum atomic E-state index is 5.46. The fourth-order valence-corrected chi connectivity index (χ4v) is 4.33. The molecule has 14 heteroatoms. The van der Waals surface area contributed by atoms with Gasteiger partial charge in [0, 0.05) is 35.7 Å². The second-order valence-electron chi connectivity index (χ2n) is 7.45. The zero-order valence-corrected chi connectivity index (χ0v) is 26.8. The van der Waals surface area contributed by atoms with Crippen LogP contribution in [0.25, 0.3) is 10.9 Å². The number of hydrogen-bond donors (Lipinski definition) is 3. The first-order chi connectivity index (χ1) is 17.9. The van der Waals surface area contributed by atoms with E-state index in [1.807, 2.05) is 43.3 Å². The minimum Gasteiger partial charge on any atom is -0.496 e. The monoisotopic (exact) mass is 735 g/mol. The Morgan fingerprint density at radius 2 is 1.53 bits per heavy atom. The van der Waals surface area contributed by atoms with E-state index in [4.69, 9.17) is 38.6 Å². The molecule has 0 aliphatic heterocycles. The van der Waals surface area contributed by atoms with Gasteiger partial charge in [-0.1, -0.05) is 36.6 Å². The normalized spacial score (nSPS) is 11.3. The van der Waals surface area contributed by atoms with Crippen LogP contribution < -0.4 is 25.5 Å². The van der Waals surface area contributed by atoms with Gasteiger partial charge in [-0.25, -0.2) is 0 Å². The molecule has 0 heterocycles. The summed E-state index contributed by atoms with van der Waals surface area (Å²) < 4.78 is 17.7. The first-order valence-corrected chi connectivity index (χ1v) is 13.7. The van der Waals surface area contributed by atoms with Crippen molar-refractivity contribution in [2.75, 3.05) is 27.4 Å². The van der Waals surface area contributed by atoms with Crippen molar-refractivity contribution in [1.29, 1.82) is 0 Å². The van der Waals surface area contributed by atoms with E-state index in [1.165, 1.54) is 0 Å². The molecule has 2 rings (SSSR count). The molecule has 0 saturated heterocycles. The van der Waals surface area contributed by atoms with E-state index >= 15 is 0 Å². The number of methoxy groups -OCH3 is 2. The molecular formula is C24H30Br2CuN6O3S2. The summed E-state index contributed by atoms with van der Waals surface area (Å²) in [5, 5.41) is 10.9. The van der Waals surface area contributed by atoms with E-state index in [-0.39, 0.29) is 28.2 Å². The van der Waals surface area contributed by atoms with Gasteiger partial charge < -0.3 is 35.7 Å². The quantitative estimate of drug-likeness (QED) is 0.0746. The molecule has 9 nitrogen and oxygen atoms in total. The van der Waals surface area contributed by atoms with Gasteiger partial charge in [-0.3, -0.25) is 10.5 Å². The van der Waals surface area contributed by atoms with E-state index in [0.717, 1.165) is 31.6 Å². The Morgan fingerprint density at radius 1 is 0.974 bits per heavy atom. The molecule has 1 atom stereocenters. The Morgan fingerprint density at radius 3 is 2.03 bits per heavy atom. The first kappa shape index (κ1) is 34.5. The smallest absolute Gasteiger partial charge is 0.496 e. The average Bonchev–Trinajstić information content (AvgIpc) is 2.89. The minimum absolute atomic E-state index is 0. The van der Waals surface area contributed by atoms with Gasteiger partial charge in [-0.15, -0.1) is 0 Å². The van der Waals surface area contributed by atoms with Crippen LogP contribution in [0, 0.1) is 0 Å². The number of halogens is 2. The van der Waals surface area contributed by atoms with Gasteiger partial charge in [0.2, 0.25) is 0 Å². The van der Waals surface area contributed by atoms with E-state index in [2.05, 4.69) is 63.9 Å². The molecule has 0 aliphatic rings. The van der Waals surface area contributed by atoms with Crippen LogP contribution in [0.15, 0.2) is 50.4 Å². The molecule has 1 radical (unpaired) electrons. The molecule has 0 fully saturated rings. The molecule has 2 aromatic carbocycles. The number of thiocarbonyl (C=S) groups is 2. The third-order valence-electron chi connectivity index (χ3n) is 4.82. The van der Waals surface area contributed by atoms with Crippen molar-refractivity contribution in [3.05, 3.63) is 67.3 Å². The predicted molar refractivity (Wildman–Crippen MR) is 164 cm³/mol. The standard InChI is InChI=1S/C24H32Br2N6O3S2.Cu/c1-4-35-10-9-18(30-32-24(37)28-14-17-6-8-22(34-3)20(26)12-17)15-29-31-23(36)27-13-16-5-7-21(33-2)19(25)11-16;/h5-8,11-12,15,18,30H,4,9-10,13-14H2,1-3H3,(H4,27,28,31,32,36,37);/q;+2/p-2/b29-15+;. The predicted octanol–water partition coefficient (Wildman–Crippen LogP) is 5.71. The molecule has 2 aromatic rings. The largest absolute Gasteiger partial charge is 2.00 e. The molecule has 0 aliphatic carbocycles. The summed E-state index contributed by atoms with van der Waals surface area (Å²) >= 11 is 17.6. The van der Waals surface area contributed by atoms with Gasteiger partial charge in [0.15, 0.2) is 0 Å². The molecule has 3 N–H and O–H groups in total. The van der Waals surface area contributed by atoms with Crippen LogP contribution in [0.1, 0.15) is 24.5 Å². The Balaban J connectivity index is 0.00000722. The molecule has 0 aromatic heterocycles. The summed E-state index contributed by atoms with van der Waals surface area (Å²) in [5.41, 5.74) is 13.4. The minimum atomic E-state index is -0.245. The van der Waals surface area contributed by atoms with Crippen LogP contribution in [-0.4, -0.2) is 49.9 Å². The Labute approximate surface area is 262 Å². The fraction of sp³-hybridized carbons (Fsp3) is 0.375. The number of nitrogens with zero attached hydrogens (tertiary/aromatic N) is 3. The number of benzene rings is 2. The first-order valence-electron chi connectivity index (χ1n) is 11.3. The van der Waals surface area contributed by atoms with Crippen LogP contribution in [0.2, 0.25) is 0 Å². The second kappa shape index (κ2) is 19.5. The van der Waals surface area contributed by atoms with E-state index in [0.29, 0.717) is 37.8 Å². The van der Waals surface area contributed by atoms with Gasteiger partial charge >= 0.3 is 17.1 Å². The molecule has 38 heavy (non-hydrogen) atoms. The van der Waals surface area contributed by atoms with Crippen molar-refractivity contribution in [3.63, 3.8) is 0 Å². The molecule has 211 valence electrons. The molecular weight excluding hydrogens is 708 g/mol. The van der Waals surface area contributed by atoms with Gasteiger partial charge in [-0.05, 0) is 93.7 Å². The molecule has 0 amide bonds. The summed E-state index contributed by atoms with van der Waals surface area (Å²) in [6, 6.07) is 11.3. The third kappa shape index (κ3) is 13.0. The molecule has 0 spiro atoms. The topological polar surface area (TPSA) is 104 Å². The zero-order valence-electron chi connectivity index (χ0n) is 21.1. The van der Waals surface area contributed by atoms with E-state index in [1.54, 1.807) is 20.4 Å². The van der Waals surface area contributed by atoms with Gasteiger partial charge in [0.25, 0.3) is 0 Å². The Hall–Kier alpha value is -1.51. The summed E-state index contributed by atoms with van der Waals surface area (Å²) in [4.78, 5) is 0. The van der Waals surface area contributed by atoms with Gasteiger partial charge in [0.05, 0.1) is 23.2 Å². The van der Waals surface area contributed by atoms with Crippen molar-refractivity contribution in [2.45, 2.75) is 32.5 Å². The van der Waals surface area contributed by atoms with E-state index in [9.17, 15) is 0 Å². The Bertz CT molecular complexity index is 1070. The second-order valence-corrected chi connectivity index (χ2v) is 9.93. The van der Waals surface area contributed by atoms with Crippen LogP contribution in [0.3, 0.4) is 0 Å². The van der Waals surface area contributed by atoms with Crippen molar-refractivity contribution < 1.29 is 31.3 Å². The van der Waals surface area contributed by atoms with Gasteiger partial charge in [-0.2, -0.15) is 0 Å². The summed E-state index contributed by atoms with van der Waals surface area (Å²) in [6.07, 6.45) is 2.26. The van der Waals surface area contributed by atoms with Crippen molar-refractivity contribution in [1.82, 2.24) is 16.1 Å². The summed E-state index contributed by atoms with van der Waals surface area (Å²) in [7, 11) is 3.25. The van der Waals surface area contributed by atoms with E-state index < -0.39 is 0 Å². The maximum absolute atomic E-state index is 5.46. The average molecular weight is 738 g/mol. The molecule has 1 unspecified atom stereocenters. The van der Waals surface area contributed by atoms with Crippen molar-refractivity contribution >= 4 is 72.7 Å². The number of ether oxygens (including phenoxy) is 3. The van der Waals surface area contributed by atoms with Crippen LogP contribution in [0.4, 0.5) is 0 Å². The maximum Gasteiger partial charge on any atom is 2.00 e. The fourth-order valence-electron chi connectivity index (χ4n) is 2.90.